The van der Waals surface area contributed by atoms with Crippen LogP contribution >= 0.6 is 23.2 Å². The predicted octanol–water partition coefficient (Wildman–Crippen LogP) is 5.57. The van der Waals surface area contributed by atoms with Crippen LogP contribution in [0.15, 0.2) is 36.4 Å². The van der Waals surface area contributed by atoms with Crippen molar-refractivity contribution in [3.63, 3.8) is 0 Å². The first-order valence-corrected chi connectivity index (χ1v) is 18.6. The van der Waals surface area contributed by atoms with Crippen LogP contribution in [-0.4, -0.2) is 60.6 Å². The molecule has 266 valence electrons. The Kier molecular flexibility index (Phi) is 9.48. The van der Waals surface area contributed by atoms with Crippen molar-refractivity contribution in [2.75, 3.05) is 31.6 Å². The standard InChI is InChI=1S/C40H41Cl2N3O6/c1-40(2)27-21-31-23(9-7-16-43(31)3)19-25(27)36(37-29(41)12-13-30(42)38(37)39(49)50)26-20-24-10-8-18-44(32(24)22-28(26)40)17-6-4-5-11-35(48)51-45-33(46)14-15-34(45)47/h12-13,19-22H,4-11,14-18H2,1-3H3/p+1. The number of aromatic carboxylic acids is 1. The van der Waals surface area contributed by atoms with Crippen LogP contribution in [0.2, 0.25) is 10.0 Å². The molecule has 0 radical (unpaired) electrons. The lowest BCUT2D eigenvalue weighted by molar-refractivity contribution is -0.197. The van der Waals surface area contributed by atoms with Crippen molar-refractivity contribution >= 4 is 58.2 Å². The molecule has 1 fully saturated rings. The quantitative estimate of drug-likeness (QED) is 0.175. The van der Waals surface area contributed by atoms with Gasteiger partial charge in [-0.05, 0) is 95.5 Å². The van der Waals surface area contributed by atoms with Gasteiger partial charge in [0.05, 0.1) is 10.6 Å². The summed E-state index contributed by atoms with van der Waals surface area (Å²) in [6.07, 6.45) is 6.38. The number of benzene rings is 3. The maximum Gasteiger partial charge on any atom is 0.337 e. The normalized spacial score (nSPS) is 17.6. The number of imide groups is 1. The number of rotatable bonds is 9. The Morgan fingerprint density at radius 1 is 0.902 bits per heavy atom. The molecule has 0 bridgehead atoms. The van der Waals surface area contributed by atoms with Crippen LogP contribution in [-0.2, 0) is 37.5 Å². The van der Waals surface area contributed by atoms with Gasteiger partial charge in [-0.15, -0.1) is 5.06 Å². The van der Waals surface area contributed by atoms with Crippen LogP contribution in [0.1, 0.15) is 109 Å². The van der Waals surface area contributed by atoms with Gasteiger partial charge in [-0.25, -0.2) is 14.2 Å². The molecule has 51 heavy (non-hydrogen) atoms. The number of hydrogen-bond acceptors (Lipinski definition) is 6. The molecule has 9 nitrogen and oxygen atoms in total. The third-order valence-electron chi connectivity index (χ3n) is 11.0. The molecule has 0 unspecified atom stereocenters. The zero-order chi connectivity index (χ0) is 36.2. The molecular formula is C40H42Cl2N3O6+. The summed E-state index contributed by atoms with van der Waals surface area (Å²) in [5, 5.41) is 13.7. The summed E-state index contributed by atoms with van der Waals surface area (Å²) >= 11 is 13.6. The molecule has 0 aromatic heterocycles. The van der Waals surface area contributed by atoms with Gasteiger partial charge < -0.3 is 14.8 Å². The topological polar surface area (TPSA) is 107 Å². The molecule has 2 amide bonds. The minimum atomic E-state index is -1.12. The monoisotopic (exact) mass is 730 g/mol. The Balaban J connectivity index is 1.30. The Morgan fingerprint density at radius 2 is 1.63 bits per heavy atom. The van der Waals surface area contributed by atoms with Gasteiger partial charge >= 0.3 is 11.9 Å². The fourth-order valence-corrected chi connectivity index (χ4v) is 8.81. The molecule has 3 aliphatic heterocycles. The van der Waals surface area contributed by atoms with Crippen LogP contribution in [0.5, 0.6) is 0 Å². The van der Waals surface area contributed by atoms with Crippen LogP contribution in [0.25, 0.3) is 5.57 Å². The molecule has 1 saturated heterocycles. The van der Waals surface area contributed by atoms with E-state index in [4.69, 9.17) is 28.0 Å². The number of carboxylic acids is 1. The highest BCUT2D eigenvalue weighted by Gasteiger charge is 2.38. The number of carbonyl (C=O) groups excluding carboxylic acids is 3. The van der Waals surface area contributed by atoms with Crippen LogP contribution in [0.4, 0.5) is 5.69 Å². The van der Waals surface area contributed by atoms with Gasteiger partial charge in [-0.2, -0.15) is 0 Å². The lowest BCUT2D eigenvalue weighted by Crippen LogP contribution is -2.43. The predicted molar refractivity (Wildman–Crippen MR) is 196 cm³/mol. The average Bonchev–Trinajstić information content (AvgIpc) is 3.40. The summed E-state index contributed by atoms with van der Waals surface area (Å²) in [4.78, 5) is 56.0. The zero-order valence-corrected chi connectivity index (χ0v) is 30.8. The number of unbranched alkanes of at least 4 members (excludes halogenated alkanes) is 2. The van der Waals surface area contributed by atoms with E-state index in [1.165, 1.54) is 22.2 Å². The summed E-state index contributed by atoms with van der Waals surface area (Å²) < 4.78 is 2.42. The van der Waals surface area contributed by atoms with E-state index in [1.54, 1.807) is 12.1 Å². The van der Waals surface area contributed by atoms with E-state index in [0.717, 1.165) is 85.6 Å². The molecule has 0 saturated carbocycles. The second-order valence-corrected chi connectivity index (χ2v) is 15.4. The lowest BCUT2D eigenvalue weighted by atomic mass is 9.67. The second kappa shape index (κ2) is 13.7. The SMILES string of the molecule is CN1CCCc2cc3c(cc21)C(C)(C)c1cc2c(cc1=C3c1c(Cl)ccc(Cl)c1C(=O)O)CCC[N+]=2CCCCCC(=O)ON1C(=O)CCC1=O. The largest absolute Gasteiger partial charge is 0.478 e. The lowest BCUT2D eigenvalue weighted by Gasteiger charge is -2.38. The Labute approximate surface area is 307 Å². The van der Waals surface area contributed by atoms with Gasteiger partial charge in [0.25, 0.3) is 11.8 Å². The molecule has 1 aliphatic carbocycles. The average molecular weight is 732 g/mol. The van der Waals surface area contributed by atoms with Crippen LogP contribution in [0.3, 0.4) is 0 Å². The van der Waals surface area contributed by atoms with Crippen molar-refractivity contribution in [1.82, 2.24) is 9.64 Å². The first kappa shape index (κ1) is 35.2. The molecule has 0 atom stereocenters. The molecule has 3 aromatic rings. The fourth-order valence-electron chi connectivity index (χ4n) is 8.32. The van der Waals surface area contributed by atoms with E-state index in [9.17, 15) is 24.3 Å². The number of nitrogens with zero attached hydrogens (tertiary/aromatic N) is 3. The van der Waals surface area contributed by atoms with Crippen molar-refractivity contribution < 1.29 is 29.1 Å². The maximum absolute atomic E-state index is 12.8. The number of halogens is 2. The van der Waals surface area contributed by atoms with Crippen molar-refractivity contribution in [2.24, 2.45) is 0 Å². The molecule has 7 rings (SSSR count). The number of hydrogen-bond donors (Lipinski definition) is 1. The number of anilines is 1. The number of fused-ring (bicyclic) bond motifs is 4. The molecule has 3 heterocycles. The van der Waals surface area contributed by atoms with Gasteiger partial charge in [0, 0.05) is 79.0 Å². The van der Waals surface area contributed by atoms with Gasteiger partial charge in [0.1, 0.15) is 13.1 Å². The number of carbonyl (C=O) groups is 4. The van der Waals surface area contributed by atoms with E-state index < -0.39 is 29.2 Å². The van der Waals surface area contributed by atoms with Gasteiger partial charge in [-0.1, -0.05) is 37.0 Å². The summed E-state index contributed by atoms with van der Waals surface area (Å²) in [5.74, 6) is -2.63. The minimum absolute atomic E-state index is 0.00692. The smallest absolute Gasteiger partial charge is 0.337 e. The first-order chi connectivity index (χ1) is 24.4. The second-order valence-electron chi connectivity index (χ2n) is 14.6. The zero-order valence-electron chi connectivity index (χ0n) is 29.2. The molecule has 4 aliphatic rings. The van der Waals surface area contributed by atoms with E-state index in [-0.39, 0.29) is 29.8 Å². The summed E-state index contributed by atoms with van der Waals surface area (Å²) in [6.45, 7) is 7.18. The van der Waals surface area contributed by atoms with Crippen molar-refractivity contribution in [1.29, 1.82) is 0 Å². The molecule has 3 aromatic carbocycles. The number of hydroxylamine groups is 2. The molecule has 11 heteroatoms. The Bertz CT molecular complexity index is 2130. The Morgan fingerprint density at radius 3 is 2.37 bits per heavy atom. The molecule has 0 spiro atoms. The van der Waals surface area contributed by atoms with Crippen molar-refractivity contribution in [3.05, 3.63) is 96.0 Å². The van der Waals surface area contributed by atoms with Crippen molar-refractivity contribution in [2.45, 2.75) is 83.5 Å². The van der Waals surface area contributed by atoms with E-state index in [2.05, 4.69) is 54.6 Å². The highest BCUT2D eigenvalue weighted by molar-refractivity contribution is 6.37. The van der Waals surface area contributed by atoms with E-state index in [0.29, 0.717) is 22.1 Å². The summed E-state index contributed by atoms with van der Waals surface area (Å²) in [6, 6.07) is 12.3. The van der Waals surface area contributed by atoms with Crippen LogP contribution in [0, 0.1) is 0 Å². The van der Waals surface area contributed by atoms with E-state index in [1.807, 2.05) is 0 Å². The van der Waals surface area contributed by atoms with Gasteiger partial charge in [-0.3, -0.25) is 9.59 Å². The van der Waals surface area contributed by atoms with Crippen LogP contribution < -0.4 is 20.1 Å². The highest BCUT2D eigenvalue weighted by atomic mass is 35.5. The summed E-state index contributed by atoms with van der Waals surface area (Å²) in [5.41, 5.74) is 7.72. The van der Waals surface area contributed by atoms with Gasteiger partial charge in [0.15, 0.2) is 0 Å². The minimum Gasteiger partial charge on any atom is -0.478 e. The third kappa shape index (κ3) is 6.33. The highest BCUT2D eigenvalue weighted by Crippen LogP contribution is 2.46. The summed E-state index contributed by atoms with van der Waals surface area (Å²) in [7, 11) is 2.13. The third-order valence-corrected chi connectivity index (χ3v) is 11.6. The Hall–Kier alpha value is -4.21. The fraction of sp³-hybridized carbons (Fsp3) is 0.425. The number of carboxylic acid groups (broad SMARTS) is 1. The van der Waals surface area contributed by atoms with Crippen molar-refractivity contribution in [3.8, 4) is 0 Å². The molecular weight excluding hydrogens is 689 g/mol. The number of aryl methyl sites for hydroxylation is 2. The van der Waals surface area contributed by atoms with Gasteiger partial charge in [0.2, 0.25) is 5.36 Å². The molecule has 1 N–H and O–H groups in total. The maximum atomic E-state index is 12.8. The first-order valence-electron chi connectivity index (χ1n) is 17.8. The van der Waals surface area contributed by atoms with E-state index >= 15 is 0 Å². The number of amides is 2.